The Labute approximate surface area is 119 Å². The van der Waals surface area contributed by atoms with Crippen LogP contribution in [0.1, 0.15) is 29.8 Å². The van der Waals surface area contributed by atoms with E-state index in [4.69, 9.17) is 18.9 Å². The third-order valence-electron chi connectivity index (χ3n) is 2.64. The highest BCUT2D eigenvalue weighted by Gasteiger charge is 2.16. The van der Waals surface area contributed by atoms with Gasteiger partial charge in [0.25, 0.3) is 0 Å². The molecule has 0 bridgehead atoms. The fourth-order valence-corrected chi connectivity index (χ4v) is 1.88. The van der Waals surface area contributed by atoms with Crippen LogP contribution < -0.4 is 9.47 Å². The number of carbonyl (C=O) groups is 1. The minimum absolute atomic E-state index is 0.0775. The van der Waals surface area contributed by atoms with E-state index < -0.39 is 0 Å². The molecule has 0 saturated heterocycles. The van der Waals surface area contributed by atoms with Gasteiger partial charge in [-0.2, -0.15) is 0 Å². The fourth-order valence-electron chi connectivity index (χ4n) is 1.88. The van der Waals surface area contributed by atoms with E-state index in [0.29, 0.717) is 23.0 Å². The SMILES string of the molecule is COCOc1ccc(CC(C)C)c(OCOC)c1C=O. The second-order valence-corrected chi connectivity index (χ2v) is 4.78. The van der Waals surface area contributed by atoms with Crippen LogP contribution in [0.3, 0.4) is 0 Å². The minimum atomic E-state index is 0.0775. The van der Waals surface area contributed by atoms with Gasteiger partial charge in [-0.05, 0) is 24.0 Å². The Bertz CT molecular complexity index is 429. The van der Waals surface area contributed by atoms with Gasteiger partial charge in [0.05, 0.1) is 5.56 Å². The second-order valence-electron chi connectivity index (χ2n) is 4.78. The van der Waals surface area contributed by atoms with E-state index in [9.17, 15) is 4.79 Å². The van der Waals surface area contributed by atoms with Crippen molar-refractivity contribution in [1.82, 2.24) is 0 Å². The van der Waals surface area contributed by atoms with Crippen LogP contribution in [0.25, 0.3) is 0 Å². The van der Waals surface area contributed by atoms with Crippen LogP contribution in [0.5, 0.6) is 11.5 Å². The number of benzene rings is 1. The van der Waals surface area contributed by atoms with Crippen LogP contribution in [-0.4, -0.2) is 34.1 Å². The van der Waals surface area contributed by atoms with Crippen LogP contribution in [0.2, 0.25) is 0 Å². The Kier molecular flexibility index (Phi) is 7.04. The van der Waals surface area contributed by atoms with Crippen molar-refractivity contribution in [3.05, 3.63) is 23.3 Å². The smallest absolute Gasteiger partial charge is 0.188 e. The monoisotopic (exact) mass is 282 g/mol. The first-order valence-electron chi connectivity index (χ1n) is 6.48. The Morgan fingerprint density at radius 3 is 2.30 bits per heavy atom. The lowest BCUT2D eigenvalue weighted by molar-refractivity contribution is 0.0444. The van der Waals surface area contributed by atoms with Gasteiger partial charge in [0, 0.05) is 14.2 Å². The maximum Gasteiger partial charge on any atom is 0.188 e. The van der Waals surface area contributed by atoms with Gasteiger partial charge in [-0.15, -0.1) is 0 Å². The molecule has 20 heavy (non-hydrogen) atoms. The second kappa shape index (κ2) is 8.55. The first-order valence-corrected chi connectivity index (χ1v) is 6.48. The zero-order valence-corrected chi connectivity index (χ0v) is 12.5. The maximum absolute atomic E-state index is 11.4. The molecule has 0 unspecified atom stereocenters. The summed E-state index contributed by atoms with van der Waals surface area (Å²) in [6.45, 7) is 4.37. The van der Waals surface area contributed by atoms with Crippen LogP contribution in [-0.2, 0) is 15.9 Å². The molecule has 1 aromatic rings. The van der Waals surface area contributed by atoms with Gasteiger partial charge < -0.3 is 18.9 Å². The van der Waals surface area contributed by atoms with Crippen LogP contribution >= 0.6 is 0 Å². The molecule has 0 saturated carbocycles. The number of ether oxygens (including phenoxy) is 4. The van der Waals surface area contributed by atoms with Gasteiger partial charge >= 0.3 is 0 Å². The number of methoxy groups -OCH3 is 2. The van der Waals surface area contributed by atoms with Gasteiger partial charge in [0.15, 0.2) is 19.9 Å². The first-order chi connectivity index (χ1) is 9.63. The van der Waals surface area contributed by atoms with Gasteiger partial charge in [0.2, 0.25) is 0 Å². The lowest BCUT2D eigenvalue weighted by Crippen LogP contribution is -2.09. The van der Waals surface area contributed by atoms with Gasteiger partial charge in [-0.1, -0.05) is 19.9 Å². The van der Waals surface area contributed by atoms with E-state index in [-0.39, 0.29) is 13.6 Å². The summed E-state index contributed by atoms with van der Waals surface area (Å²) in [6, 6.07) is 3.67. The van der Waals surface area contributed by atoms with Crippen molar-refractivity contribution in [2.24, 2.45) is 5.92 Å². The largest absolute Gasteiger partial charge is 0.467 e. The zero-order chi connectivity index (χ0) is 15.0. The summed E-state index contributed by atoms with van der Waals surface area (Å²) in [5.74, 6) is 1.41. The molecule has 0 radical (unpaired) electrons. The molecule has 0 fully saturated rings. The topological polar surface area (TPSA) is 54.0 Å². The molecule has 0 amide bonds. The fraction of sp³-hybridized carbons (Fsp3) is 0.533. The molecular formula is C15H22O5. The van der Waals surface area contributed by atoms with Crippen molar-refractivity contribution in [1.29, 1.82) is 0 Å². The molecule has 1 rings (SSSR count). The van der Waals surface area contributed by atoms with E-state index >= 15 is 0 Å². The van der Waals surface area contributed by atoms with Gasteiger partial charge in [0.1, 0.15) is 11.5 Å². The predicted octanol–water partition coefficient (Wildman–Crippen LogP) is 2.66. The molecule has 0 N–H and O–H groups in total. The summed E-state index contributed by atoms with van der Waals surface area (Å²) < 4.78 is 20.7. The van der Waals surface area contributed by atoms with Crippen LogP contribution in [0.4, 0.5) is 0 Å². The molecule has 5 heteroatoms. The highest BCUT2D eigenvalue weighted by Crippen LogP contribution is 2.32. The molecule has 1 aromatic carbocycles. The summed E-state index contributed by atoms with van der Waals surface area (Å²) in [6.07, 6.45) is 1.55. The number of hydrogen-bond donors (Lipinski definition) is 0. The minimum Gasteiger partial charge on any atom is -0.467 e. The van der Waals surface area contributed by atoms with Gasteiger partial charge in [-0.25, -0.2) is 0 Å². The van der Waals surface area contributed by atoms with Crippen molar-refractivity contribution < 1.29 is 23.7 Å². The third-order valence-corrected chi connectivity index (χ3v) is 2.64. The Morgan fingerprint density at radius 1 is 1.10 bits per heavy atom. The molecule has 0 aromatic heterocycles. The van der Waals surface area contributed by atoms with Crippen molar-refractivity contribution >= 4 is 6.29 Å². The van der Waals surface area contributed by atoms with Crippen molar-refractivity contribution in [3.8, 4) is 11.5 Å². The molecule has 0 aliphatic carbocycles. The number of aldehydes is 1. The maximum atomic E-state index is 11.4. The lowest BCUT2D eigenvalue weighted by atomic mass is 9.99. The molecule has 0 heterocycles. The number of carbonyl (C=O) groups excluding carboxylic acids is 1. The van der Waals surface area contributed by atoms with E-state index in [1.165, 1.54) is 14.2 Å². The molecule has 0 aliphatic heterocycles. The number of hydrogen-bond acceptors (Lipinski definition) is 5. The average Bonchev–Trinajstić information content (AvgIpc) is 2.43. The summed E-state index contributed by atoms with van der Waals surface area (Å²) in [7, 11) is 3.06. The van der Waals surface area contributed by atoms with Crippen molar-refractivity contribution in [2.75, 3.05) is 27.8 Å². The van der Waals surface area contributed by atoms with Crippen LogP contribution in [0.15, 0.2) is 12.1 Å². The van der Waals surface area contributed by atoms with Crippen molar-refractivity contribution in [3.63, 3.8) is 0 Å². The third kappa shape index (κ3) is 4.51. The van der Waals surface area contributed by atoms with E-state index in [2.05, 4.69) is 13.8 Å². The highest BCUT2D eigenvalue weighted by atomic mass is 16.7. The lowest BCUT2D eigenvalue weighted by Gasteiger charge is -2.17. The summed E-state index contributed by atoms with van der Waals surface area (Å²) in [4.78, 5) is 11.4. The Balaban J connectivity index is 3.15. The average molecular weight is 282 g/mol. The Morgan fingerprint density at radius 2 is 1.75 bits per heavy atom. The summed E-state index contributed by atoms with van der Waals surface area (Å²) in [5, 5.41) is 0. The first kappa shape index (κ1) is 16.5. The zero-order valence-electron chi connectivity index (χ0n) is 12.5. The summed E-state index contributed by atoms with van der Waals surface area (Å²) in [5.41, 5.74) is 1.35. The quantitative estimate of drug-likeness (QED) is 0.515. The van der Waals surface area contributed by atoms with Crippen molar-refractivity contribution in [2.45, 2.75) is 20.3 Å². The molecule has 0 atom stereocenters. The molecule has 0 spiro atoms. The van der Waals surface area contributed by atoms with Gasteiger partial charge in [-0.3, -0.25) is 4.79 Å². The normalized spacial score (nSPS) is 10.7. The van der Waals surface area contributed by atoms with E-state index in [0.717, 1.165) is 18.3 Å². The standard InChI is InChI=1S/C15H22O5/c1-11(2)7-12-5-6-14(19-9-17-3)13(8-16)15(12)20-10-18-4/h5-6,8,11H,7,9-10H2,1-4H3. The van der Waals surface area contributed by atoms with Crippen LogP contribution in [0, 0.1) is 5.92 Å². The predicted molar refractivity (Wildman–Crippen MR) is 75.4 cm³/mol. The molecule has 112 valence electrons. The van der Waals surface area contributed by atoms with E-state index in [1.807, 2.05) is 6.07 Å². The van der Waals surface area contributed by atoms with E-state index in [1.54, 1.807) is 6.07 Å². The molecular weight excluding hydrogens is 260 g/mol. The Hall–Kier alpha value is -1.59. The highest BCUT2D eigenvalue weighted by molar-refractivity contribution is 5.84. The molecule has 5 nitrogen and oxygen atoms in total. The summed E-state index contributed by atoms with van der Waals surface area (Å²) >= 11 is 0. The molecule has 0 aliphatic rings. The number of rotatable bonds is 9.